The normalized spacial score (nSPS) is 18.2. The van der Waals surface area contributed by atoms with Crippen molar-refractivity contribution in [2.75, 3.05) is 13.1 Å². The number of aromatic hydroxyl groups is 1. The molecule has 4 N–H and O–H groups in total. The van der Waals surface area contributed by atoms with Gasteiger partial charge < -0.3 is 21.1 Å². The van der Waals surface area contributed by atoms with Crippen LogP contribution in [-0.2, 0) is 0 Å². The summed E-state index contributed by atoms with van der Waals surface area (Å²) in [5, 5.41) is 14.0. The highest BCUT2D eigenvalue weighted by Gasteiger charge is 2.23. The number of hydrogen-bond donors (Lipinski definition) is 3. The van der Waals surface area contributed by atoms with Crippen LogP contribution in [0, 0.1) is 0 Å². The van der Waals surface area contributed by atoms with Crippen molar-refractivity contribution in [2.45, 2.75) is 25.3 Å². The summed E-state index contributed by atoms with van der Waals surface area (Å²) < 4.78 is 0. The van der Waals surface area contributed by atoms with E-state index >= 15 is 0 Å². The zero-order chi connectivity index (χ0) is 17.1. The number of fused-ring (bicyclic) bond motifs is 1. The van der Waals surface area contributed by atoms with Crippen LogP contribution in [0.2, 0.25) is 0 Å². The van der Waals surface area contributed by atoms with Crippen LogP contribution in [0.5, 0.6) is 5.75 Å². The number of carbonyl (C=O) groups is 2. The van der Waals surface area contributed by atoms with Crippen LogP contribution in [0.15, 0.2) is 36.4 Å². The highest BCUT2D eigenvalue weighted by atomic mass is 16.3. The van der Waals surface area contributed by atoms with Crippen LogP contribution >= 0.6 is 0 Å². The molecule has 0 spiro atoms. The van der Waals surface area contributed by atoms with E-state index in [0.29, 0.717) is 25.1 Å². The number of carbonyl (C=O) groups excluding carboxylic acids is 2. The second-order valence-electron chi connectivity index (χ2n) is 6.14. The number of likely N-dealkylation sites (tertiary alicyclic amines) is 1. The van der Waals surface area contributed by atoms with Gasteiger partial charge in [0.1, 0.15) is 5.75 Å². The average molecular weight is 327 g/mol. The molecule has 6 heteroatoms. The Morgan fingerprint density at radius 2 is 2.00 bits per heavy atom. The van der Waals surface area contributed by atoms with Gasteiger partial charge in [0.15, 0.2) is 0 Å². The molecule has 0 radical (unpaired) electrons. The molecule has 1 unspecified atom stereocenters. The molecular formula is C18H21N3O3. The van der Waals surface area contributed by atoms with Gasteiger partial charge in [-0.05, 0) is 54.3 Å². The fourth-order valence-corrected chi connectivity index (χ4v) is 3.27. The molecule has 2 aromatic rings. The van der Waals surface area contributed by atoms with Crippen molar-refractivity contribution in [2.24, 2.45) is 5.73 Å². The molecule has 1 heterocycles. The Balaban J connectivity index is 1.80. The van der Waals surface area contributed by atoms with Crippen molar-refractivity contribution in [1.29, 1.82) is 0 Å². The predicted octanol–water partition coefficient (Wildman–Crippen LogP) is 2.21. The number of nitrogens with zero attached hydrogens (tertiary/aromatic N) is 1. The van der Waals surface area contributed by atoms with Gasteiger partial charge in [-0.2, -0.15) is 0 Å². The third-order valence-electron chi connectivity index (χ3n) is 4.46. The first kappa shape index (κ1) is 16.1. The first-order valence-corrected chi connectivity index (χ1v) is 8.11. The molecule has 126 valence electrons. The van der Waals surface area contributed by atoms with Crippen molar-refractivity contribution in [3.63, 3.8) is 0 Å². The number of benzene rings is 2. The first-order valence-electron chi connectivity index (χ1n) is 8.11. The number of urea groups is 1. The van der Waals surface area contributed by atoms with E-state index in [9.17, 15) is 14.7 Å². The molecule has 3 rings (SSSR count). The zero-order valence-corrected chi connectivity index (χ0v) is 13.4. The second-order valence-corrected chi connectivity index (χ2v) is 6.14. The van der Waals surface area contributed by atoms with Gasteiger partial charge in [0.2, 0.25) is 0 Å². The van der Waals surface area contributed by atoms with Gasteiger partial charge in [0.25, 0.3) is 5.91 Å². The van der Waals surface area contributed by atoms with Crippen LogP contribution in [-0.4, -0.2) is 41.1 Å². The Labute approximate surface area is 140 Å². The Morgan fingerprint density at radius 1 is 1.17 bits per heavy atom. The summed E-state index contributed by atoms with van der Waals surface area (Å²) in [6, 6.07) is 10.0. The van der Waals surface area contributed by atoms with Crippen LogP contribution in [0.4, 0.5) is 4.79 Å². The lowest BCUT2D eigenvalue weighted by molar-refractivity contribution is 0.0763. The second kappa shape index (κ2) is 6.78. The van der Waals surface area contributed by atoms with Gasteiger partial charge in [0, 0.05) is 24.7 Å². The molecule has 0 aromatic heterocycles. The third-order valence-corrected chi connectivity index (χ3v) is 4.46. The van der Waals surface area contributed by atoms with Gasteiger partial charge in [0.05, 0.1) is 0 Å². The summed E-state index contributed by atoms with van der Waals surface area (Å²) in [7, 11) is 0. The van der Waals surface area contributed by atoms with Crippen LogP contribution < -0.4 is 11.1 Å². The maximum atomic E-state index is 12.9. The van der Waals surface area contributed by atoms with Gasteiger partial charge >= 0.3 is 6.03 Å². The number of phenolic OH excluding ortho intramolecular Hbond substituents is 1. The van der Waals surface area contributed by atoms with Gasteiger partial charge in [-0.15, -0.1) is 0 Å². The molecular weight excluding hydrogens is 306 g/mol. The summed E-state index contributed by atoms with van der Waals surface area (Å²) in [6.07, 6.45) is 2.33. The molecule has 1 aliphatic heterocycles. The van der Waals surface area contributed by atoms with E-state index in [1.54, 1.807) is 18.2 Å². The smallest absolute Gasteiger partial charge is 0.312 e. The van der Waals surface area contributed by atoms with Crippen LogP contribution in [0.1, 0.15) is 29.6 Å². The lowest BCUT2D eigenvalue weighted by atomic mass is 10.0. The molecule has 0 aliphatic carbocycles. The zero-order valence-electron chi connectivity index (χ0n) is 13.4. The van der Waals surface area contributed by atoms with E-state index in [1.165, 1.54) is 0 Å². The highest BCUT2D eigenvalue weighted by Crippen LogP contribution is 2.25. The van der Waals surface area contributed by atoms with Gasteiger partial charge in [-0.25, -0.2) is 4.79 Å². The summed E-state index contributed by atoms with van der Waals surface area (Å²) in [5.41, 5.74) is 5.82. The highest BCUT2D eigenvalue weighted by molar-refractivity contribution is 6.07. The Kier molecular flexibility index (Phi) is 4.55. The number of primary amides is 1. The molecule has 3 amide bonds. The Bertz CT molecular complexity index is 775. The van der Waals surface area contributed by atoms with E-state index in [0.717, 1.165) is 23.6 Å². The average Bonchev–Trinajstić information content (AvgIpc) is 2.78. The fraction of sp³-hybridized carbons (Fsp3) is 0.333. The maximum Gasteiger partial charge on any atom is 0.312 e. The van der Waals surface area contributed by atoms with E-state index in [1.807, 2.05) is 23.1 Å². The number of nitrogens with one attached hydrogen (secondary N) is 1. The molecule has 1 atom stereocenters. The number of phenols is 1. The molecule has 1 saturated heterocycles. The summed E-state index contributed by atoms with van der Waals surface area (Å²) >= 11 is 0. The molecule has 1 fully saturated rings. The standard InChI is InChI=1S/C18H21N3O3/c19-18(24)20-13-4-2-9-21(10-8-13)17(23)16-5-1-3-12-11-14(22)6-7-15(12)16/h1,3,5-7,11,13,22H,2,4,8-10H2,(H3,19,20,24). The van der Waals surface area contributed by atoms with Crippen molar-refractivity contribution in [1.82, 2.24) is 10.2 Å². The van der Waals surface area contributed by atoms with Crippen LogP contribution in [0.25, 0.3) is 10.8 Å². The van der Waals surface area contributed by atoms with E-state index in [-0.39, 0.29) is 17.7 Å². The van der Waals surface area contributed by atoms with Crippen molar-refractivity contribution in [3.05, 3.63) is 42.0 Å². The van der Waals surface area contributed by atoms with Crippen molar-refractivity contribution < 1.29 is 14.7 Å². The molecule has 6 nitrogen and oxygen atoms in total. The maximum absolute atomic E-state index is 12.9. The van der Waals surface area contributed by atoms with Crippen molar-refractivity contribution in [3.8, 4) is 5.75 Å². The molecule has 1 aliphatic rings. The SMILES string of the molecule is NC(=O)NC1CCCN(C(=O)c2cccc3cc(O)ccc23)CC1. The number of hydrogen-bond acceptors (Lipinski definition) is 3. The minimum Gasteiger partial charge on any atom is -0.508 e. The monoisotopic (exact) mass is 327 g/mol. The number of amides is 3. The topological polar surface area (TPSA) is 95.7 Å². The number of rotatable bonds is 2. The largest absolute Gasteiger partial charge is 0.508 e. The first-order chi connectivity index (χ1) is 11.5. The summed E-state index contributed by atoms with van der Waals surface area (Å²) in [5.74, 6) is 0.160. The summed E-state index contributed by atoms with van der Waals surface area (Å²) in [6.45, 7) is 1.24. The van der Waals surface area contributed by atoms with Gasteiger partial charge in [-0.1, -0.05) is 12.1 Å². The van der Waals surface area contributed by atoms with E-state index in [4.69, 9.17) is 5.73 Å². The van der Waals surface area contributed by atoms with E-state index < -0.39 is 6.03 Å². The van der Waals surface area contributed by atoms with Gasteiger partial charge in [-0.3, -0.25) is 4.79 Å². The molecule has 0 bridgehead atoms. The number of nitrogens with two attached hydrogens (primary N) is 1. The quantitative estimate of drug-likeness (QED) is 0.789. The minimum absolute atomic E-state index is 0.0183. The Morgan fingerprint density at radius 3 is 2.79 bits per heavy atom. The lowest BCUT2D eigenvalue weighted by Gasteiger charge is -2.21. The Hall–Kier alpha value is -2.76. The minimum atomic E-state index is -0.520. The third kappa shape index (κ3) is 3.42. The van der Waals surface area contributed by atoms with Crippen molar-refractivity contribution >= 4 is 22.7 Å². The van der Waals surface area contributed by atoms with Crippen LogP contribution in [0.3, 0.4) is 0 Å². The lowest BCUT2D eigenvalue weighted by Crippen LogP contribution is -2.39. The molecule has 2 aromatic carbocycles. The fourth-order valence-electron chi connectivity index (χ4n) is 3.27. The van der Waals surface area contributed by atoms with E-state index in [2.05, 4.69) is 5.32 Å². The molecule has 0 saturated carbocycles. The summed E-state index contributed by atoms with van der Waals surface area (Å²) in [4.78, 5) is 25.8. The molecule has 24 heavy (non-hydrogen) atoms. The predicted molar refractivity (Wildman–Crippen MR) is 91.9 cm³/mol.